The fraction of sp³-hybridized carbons (Fsp3) is 0.762. The highest BCUT2D eigenvalue weighted by Crippen LogP contribution is 2.38. The Morgan fingerprint density at radius 1 is 1.41 bits per heavy atom. The minimum Gasteiger partial charge on any atom is -0.381 e. The number of ether oxygens (including phenoxy) is 2. The van der Waals surface area contributed by atoms with E-state index < -0.39 is 0 Å². The van der Waals surface area contributed by atoms with Crippen LogP contribution in [-0.4, -0.2) is 46.0 Å². The summed E-state index contributed by atoms with van der Waals surface area (Å²) in [5.74, 6) is 1.46. The lowest BCUT2D eigenvalue weighted by Gasteiger charge is -2.29. The zero-order chi connectivity index (χ0) is 19.1. The third-order valence-corrected chi connectivity index (χ3v) is 6.67. The van der Waals surface area contributed by atoms with E-state index in [2.05, 4.69) is 35.5 Å². The summed E-state index contributed by atoms with van der Waals surface area (Å²) in [4.78, 5) is 7.32. The molecule has 1 aliphatic carbocycles. The van der Waals surface area contributed by atoms with Crippen molar-refractivity contribution in [2.45, 2.75) is 52.5 Å². The van der Waals surface area contributed by atoms with Crippen molar-refractivity contribution < 1.29 is 9.47 Å². The quantitative estimate of drug-likeness (QED) is 0.404. The van der Waals surface area contributed by atoms with Crippen LogP contribution in [-0.2, 0) is 28.9 Å². The number of aryl methyl sites for hydroxylation is 1. The monoisotopic (exact) mass is 393 g/mol. The van der Waals surface area contributed by atoms with Crippen LogP contribution in [0.25, 0.3) is 0 Å². The number of rotatable bonds is 8. The van der Waals surface area contributed by atoms with Gasteiger partial charge in [-0.05, 0) is 49.1 Å². The van der Waals surface area contributed by atoms with Gasteiger partial charge in [0.2, 0.25) is 0 Å². The molecule has 1 aliphatic heterocycles. The molecule has 0 radical (unpaired) electrons. The molecule has 2 N–H and O–H groups in total. The number of nitrogens with one attached hydrogen (secondary N) is 2. The lowest BCUT2D eigenvalue weighted by atomic mass is 9.77. The van der Waals surface area contributed by atoms with Crippen molar-refractivity contribution in [3.8, 4) is 0 Å². The summed E-state index contributed by atoms with van der Waals surface area (Å²) in [6.07, 6.45) is 5.85. The van der Waals surface area contributed by atoms with Crippen LogP contribution in [0.4, 0.5) is 0 Å². The normalized spacial score (nSPS) is 21.9. The maximum atomic E-state index is 5.75. The number of nitrogens with zero attached hydrogens (tertiary/aromatic N) is 1. The molecular formula is C21H35N3O2S. The number of aliphatic imine (C=N–C) groups is 1. The van der Waals surface area contributed by atoms with Crippen molar-refractivity contribution in [2.75, 3.05) is 40.0 Å². The zero-order valence-corrected chi connectivity index (χ0v) is 17.9. The molecule has 3 rings (SSSR count). The summed E-state index contributed by atoms with van der Waals surface area (Å²) in [6, 6.07) is 2.39. The Hall–Kier alpha value is -1.11. The van der Waals surface area contributed by atoms with E-state index in [9.17, 15) is 0 Å². The third-order valence-electron chi connectivity index (χ3n) is 5.43. The molecule has 1 atom stereocenters. The van der Waals surface area contributed by atoms with Crippen molar-refractivity contribution in [3.63, 3.8) is 0 Å². The predicted octanol–water partition coefficient (Wildman–Crippen LogP) is 3.37. The first-order valence-electron chi connectivity index (χ1n) is 10.3. The molecule has 27 heavy (non-hydrogen) atoms. The van der Waals surface area contributed by atoms with Gasteiger partial charge in [0.25, 0.3) is 0 Å². The minimum atomic E-state index is 0.448. The fourth-order valence-electron chi connectivity index (χ4n) is 3.77. The topological polar surface area (TPSA) is 54.9 Å². The summed E-state index contributed by atoms with van der Waals surface area (Å²) in [6.45, 7) is 9.83. The summed E-state index contributed by atoms with van der Waals surface area (Å²) >= 11 is 1.96. The van der Waals surface area contributed by atoms with Gasteiger partial charge in [0.15, 0.2) is 5.96 Å². The largest absolute Gasteiger partial charge is 0.381 e. The third kappa shape index (κ3) is 6.47. The molecule has 0 aromatic carbocycles. The fourth-order valence-corrected chi connectivity index (χ4v) is 4.90. The van der Waals surface area contributed by atoms with Crippen molar-refractivity contribution in [1.82, 2.24) is 10.6 Å². The highest BCUT2D eigenvalue weighted by molar-refractivity contribution is 7.12. The van der Waals surface area contributed by atoms with E-state index in [1.807, 2.05) is 18.4 Å². The van der Waals surface area contributed by atoms with Gasteiger partial charge in [-0.3, -0.25) is 4.99 Å². The molecule has 1 aromatic rings. The Bertz CT molecular complexity index is 621. The second kappa shape index (κ2) is 9.89. The molecule has 5 nitrogen and oxygen atoms in total. The SMILES string of the molecule is CN=C(NCCCOCC1CCOC1)NCc1cc2c(s1)CCC(C)(C)C2. The van der Waals surface area contributed by atoms with Gasteiger partial charge in [0.05, 0.1) is 19.8 Å². The van der Waals surface area contributed by atoms with Gasteiger partial charge in [-0.1, -0.05) is 13.8 Å². The van der Waals surface area contributed by atoms with E-state index in [1.165, 1.54) is 24.1 Å². The summed E-state index contributed by atoms with van der Waals surface area (Å²) in [5, 5.41) is 6.82. The summed E-state index contributed by atoms with van der Waals surface area (Å²) < 4.78 is 11.1. The number of fused-ring (bicyclic) bond motifs is 1. The molecule has 0 saturated carbocycles. The molecule has 1 fully saturated rings. The van der Waals surface area contributed by atoms with E-state index in [4.69, 9.17) is 9.47 Å². The molecule has 152 valence electrons. The van der Waals surface area contributed by atoms with Crippen LogP contribution in [0.2, 0.25) is 0 Å². The van der Waals surface area contributed by atoms with Gasteiger partial charge in [-0.2, -0.15) is 0 Å². The summed E-state index contributed by atoms with van der Waals surface area (Å²) in [5.41, 5.74) is 2.00. The van der Waals surface area contributed by atoms with Crippen LogP contribution < -0.4 is 10.6 Å². The lowest BCUT2D eigenvalue weighted by Crippen LogP contribution is -2.37. The molecule has 1 saturated heterocycles. The highest BCUT2D eigenvalue weighted by Gasteiger charge is 2.26. The van der Waals surface area contributed by atoms with Crippen LogP contribution in [0.3, 0.4) is 0 Å². The Morgan fingerprint density at radius 2 is 2.30 bits per heavy atom. The second-order valence-corrected chi connectivity index (χ2v) is 9.73. The van der Waals surface area contributed by atoms with Crippen LogP contribution in [0.5, 0.6) is 0 Å². The molecule has 0 bridgehead atoms. The van der Waals surface area contributed by atoms with E-state index >= 15 is 0 Å². The molecule has 1 aromatic heterocycles. The molecule has 6 heteroatoms. The van der Waals surface area contributed by atoms with E-state index in [0.29, 0.717) is 11.3 Å². The van der Waals surface area contributed by atoms with E-state index in [0.717, 1.165) is 58.3 Å². The van der Waals surface area contributed by atoms with Gasteiger partial charge in [0, 0.05) is 42.5 Å². The maximum absolute atomic E-state index is 5.75. The van der Waals surface area contributed by atoms with Crippen LogP contribution in [0.15, 0.2) is 11.1 Å². The average molecular weight is 394 g/mol. The maximum Gasteiger partial charge on any atom is 0.191 e. The Morgan fingerprint density at radius 3 is 3.07 bits per heavy atom. The van der Waals surface area contributed by atoms with Gasteiger partial charge < -0.3 is 20.1 Å². The van der Waals surface area contributed by atoms with Gasteiger partial charge in [0.1, 0.15) is 0 Å². The van der Waals surface area contributed by atoms with Crippen LogP contribution in [0.1, 0.15) is 48.4 Å². The van der Waals surface area contributed by atoms with Crippen molar-refractivity contribution in [2.24, 2.45) is 16.3 Å². The zero-order valence-electron chi connectivity index (χ0n) is 17.1. The smallest absolute Gasteiger partial charge is 0.191 e. The van der Waals surface area contributed by atoms with Crippen molar-refractivity contribution >= 4 is 17.3 Å². The molecule has 0 spiro atoms. The van der Waals surface area contributed by atoms with Crippen LogP contribution in [0, 0.1) is 11.3 Å². The highest BCUT2D eigenvalue weighted by atomic mass is 32.1. The van der Waals surface area contributed by atoms with Crippen molar-refractivity contribution in [1.29, 1.82) is 0 Å². The summed E-state index contributed by atoms with van der Waals surface area (Å²) in [7, 11) is 1.83. The Kier molecular flexibility index (Phi) is 7.56. The number of hydrogen-bond acceptors (Lipinski definition) is 4. The lowest BCUT2D eigenvalue weighted by molar-refractivity contribution is 0.0888. The predicted molar refractivity (Wildman–Crippen MR) is 113 cm³/mol. The first-order valence-corrected chi connectivity index (χ1v) is 11.1. The van der Waals surface area contributed by atoms with E-state index in [1.54, 1.807) is 10.4 Å². The second-order valence-electron chi connectivity index (χ2n) is 8.51. The minimum absolute atomic E-state index is 0.448. The first-order chi connectivity index (χ1) is 13.1. The van der Waals surface area contributed by atoms with Crippen molar-refractivity contribution in [3.05, 3.63) is 21.4 Å². The van der Waals surface area contributed by atoms with Gasteiger partial charge in [-0.25, -0.2) is 0 Å². The number of guanidine groups is 1. The van der Waals surface area contributed by atoms with Gasteiger partial charge >= 0.3 is 0 Å². The molecule has 2 aliphatic rings. The Labute approximate surface area is 167 Å². The van der Waals surface area contributed by atoms with E-state index in [-0.39, 0.29) is 0 Å². The Balaban J connectivity index is 1.32. The molecular weight excluding hydrogens is 358 g/mol. The molecule has 2 heterocycles. The van der Waals surface area contributed by atoms with Crippen LogP contribution >= 0.6 is 11.3 Å². The standard InChI is InChI=1S/C21H35N3O2S/c1-21(2)7-5-19-17(12-21)11-18(27-19)13-24-20(22-3)23-8-4-9-25-14-16-6-10-26-15-16/h11,16H,4-10,12-15H2,1-3H3,(H2,22,23,24). The van der Waals surface area contributed by atoms with Gasteiger partial charge in [-0.15, -0.1) is 11.3 Å². The molecule has 0 amide bonds. The first kappa shape index (κ1) is 20.6. The number of thiophene rings is 1. The average Bonchev–Trinajstić information content (AvgIpc) is 3.28. The molecule has 1 unspecified atom stereocenters. The number of hydrogen-bond donors (Lipinski definition) is 2.